The van der Waals surface area contributed by atoms with E-state index in [0.717, 1.165) is 24.8 Å². The van der Waals surface area contributed by atoms with Gasteiger partial charge < -0.3 is 10.5 Å². The first kappa shape index (κ1) is 12.3. The molecule has 2 rings (SSSR count). The molecule has 0 aromatic heterocycles. The number of benzene rings is 1. The molecule has 15 heavy (non-hydrogen) atoms. The molecule has 0 fully saturated rings. The average molecular weight is 232 g/mol. The fourth-order valence-electron chi connectivity index (χ4n) is 1.94. The van der Waals surface area contributed by atoms with Crippen LogP contribution in [-0.4, -0.2) is 13.2 Å². The fraction of sp³-hybridized carbons (Fsp3) is 0.455. The van der Waals surface area contributed by atoms with Crippen molar-refractivity contribution in [3.8, 4) is 5.75 Å². The summed E-state index contributed by atoms with van der Waals surface area (Å²) >= 11 is 0. The molecule has 1 aromatic rings. The summed E-state index contributed by atoms with van der Waals surface area (Å²) in [5.74, 6) is 0.0413. The first-order valence-corrected chi connectivity index (χ1v) is 4.81. The van der Waals surface area contributed by atoms with E-state index in [2.05, 4.69) is 0 Å². The van der Waals surface area contributed by atoms with Gasteiger partial charge in [0, 0.05) is 6.04 Å². The summed E-state index contributed by atoms with van der Waals surface area (Å²) in [5, 5.41) is 0. The van der Waals surface area contributed by atoms with E-state index in [9.17, 15) is 4.39 Å². The molecule has 1 unspecified atom stereocenters. The molecule has 1 aromatic carbocycles. The Morgan fingerprint density at radius 1 is 1.40 bits per heavy atom. The molecule has 0 saturated heterocycles. The molecule has 0 saturated carbocycles. The van der Waals surface area contributed by atoms with Crippen molar-refractivity contribution < 1.29 is 9.13 Å². The summed E-state index contributed by atoms with van der Waals surface area (Å²) in [6, 6.07) is 3.51. The third-order valence-electron chi connectivity index (χ3n) is 2.74. The number of fused-ring (bicyclic) bond motifs is 1. The van der Waals surface area contributed by atoms with E-state index < -0.39 is 0 Å². The molecule has 0 radical (unpaired) electrons. The minimum atomic E-state index is -0.291. The number of halogens is 2. The molecular formula is C11H15ClFNO. The molecule has 0 aliphatic heterocycles. The molecule has 1 atom stereocenters. The van der Waals surface area contributed by atoms with Crippen LogP contribution >= 0.6 is 12.4 Å². The van der Waals surface area contributed by atoms with Crippen molar-refractivity contribution in [3.05, 3.63) is 29.1 Å². The Morgan fingerprint density at radius 2 is 2.13 bits per heavy atom. The van der Waals surface area contributed by atoms with Gasteiger partial charge in [0.05, 0.1) is 7.11 Å². The lowest BCUT2D eigenvalue weighted by atomic mass is 9.88. The SMILES string of the molecule is COc1cc2c(cc1F)CC(N)CC2.Cl. The number of hydrogen-bond donors (Lipinski definition) is 1. The van der Waals surface area contributed by atoms with Crippen molar-refractivity contribution in [2.24, 2.45) is 5.73 Å². The molecule has 0 heterocycles. The number of hydrogen-bond acceptors (Lipinski definition) is 2. The molecule has 0 bridgehead atoms. The van der Waals surface area contributed by atoms with Crippen molar-refractivity contribution in [3.63, 3.8) is 0 Å². The van der Waals surface area contributed by atoms with Crippen molar-refractivity contribution in [2.75, 3.05) is 7.11 Å². The van der Waals surface area contributed by atoms with Crippen LogP contribution in [0.25, 0.3) is 0 Å². The Bertz CT molecular complexity index is 357. The van der Waals surface area contributed by atoms with Crippen molar-refractivity contribution in [1.29, 1.82) is 0 Å². The minimum absolute atomic E-state index is 0. The first-order valence-electron chi connectivity index (χ1n) is 4.81. The molecule has 0 spiro atoms. The quantitative estimate of drug-likeness (QED) is 0.803. The van der Waals surface area contributed by atoms with Crippen LogP contribution in [0.15, 0.2) is 12.1 Å². The smallest absolute Gasteiger partial charge is 0.165 e. The van der Waals surface area contributed by atoms with E-state index in [1.807, 2.05) is 0 Å². The second-order valence-corrected chi connectivity index (χ2v) is 3.76. The highest BCUT2D eigenvalue weighted by atomic mass is 35.5. The van der Waals surface area contributed by atoms with Gasteiger partial charge in [0.15, 0.2) is 11.6 Å². The van der Waals surface area contributed by atoms with Gasteiger partial charge in [-0.1, -0.05) is 0 Å². The van der Waals surface area contributed by atoms with Crippen LogP contribution in [0, 0.1) is 5.82 Å². The molecule has 1 aliphatic rings. The minimum Gasteiger partial charge on any atom is -0.494 e. The molecular weight excluding hydrogens is 217 g/mol. The summed E-state index contributed by atoms with van der Waals surface area (Å²) < 4.78 is 18.3. The van der Waals surface area contributed by atoms with Crippen LogP contribution in [0.1, 0.15) is 17.5 Å². The Labute approximate surface area is 95.0 Å². The van der Waals surface area contributed by atoms with Crippen LogP contribution in [-0.2, 0) is 12.8 Å². The Hall–Kier alpha value is -0.800. The maximum Gasteiger partial charge on any atom is 0.165 e. The fourth-order valence-corrected chi connectivity index (χ4v) is 1.94. The Balaban J connectivity index is 0.00000112. The zero-order valence-corrected chi connectivity index (χ0v) is 9.44. The van der Waals surface area contributed by atoms with Gasteiger partial charge in [-0.05, 0) is 42.5 Å². The maximum absolute atomic E-state index is 13.3. The highest BCUT2D eigenvalue weighted by molar-refractivity contribution is 5.85. The number of methoxy groups -OCH3 is 1. The molecule has 2 N–H and O–H groups in total. The van der Waals surface area contributed by atoms with Gasteiger partial charge in [0.2, 0.25) is 0 Å². The summed E-state index contributed by atoms with van der Waals surface area (Å²) in [4.78, 5) is 0. The standard InChI is InChI=1S/C11H14FNO.ClH/c1-14-11-6-7-2-3-9(13)4-8(7)5-10(11)12;/h5-6,9H,2-4,13H2,1H3;1H. The summed E-state index contributed by atoms with van der Waals surface area (Å²) in [7, 11) is 1.49. The number of aryl methyl sites for hydroxylation is 1. The average Bonchev–Trinajstić information content (AvgIpc) is 2.16. The van der Waals surface area contributed by atoms with E-state index in [1.54, 1.807) is 12.1 Å². The van der Waals surface area contributed by atoms with Crippen LogP contribution in [0.5, 0.6) is 5.75 Å². The van der Waals surface area contributed by atoms with Crippen LogP contribution < -0.4 is 10.5 Å². The molecule has 4 heteroatoms. The lowest BCUT2D eigenvalue weighted by Gasteiger charge is -2.21. The van der Waals surface area contributed by atoms with Crippen LogP contribution in [0.3, 0.4) is 0 Å². The normalized spacial score (nSPS) is 19.0. The third kappa shape index (κ3) is 2.41. The Kier molecular flexibility index (Phi) is 3.94. The largest absolute Gasteiger partial charge is 0.494 e. The van der Waals surface area contributed by atoms with Gasteiger partial charge >= 0.3 is 0 Å². The molecule has 84 valence electrons. The topological polar surface area (TPSA) is 35.2 Å². The van der Waals surface area contributed by atoms with Gasteiger partial charge in [-0.3, -0.25) is 0 Å². The van der Waals surface area contributed by atoms with Crippen molar-refractivity contribution >= 4 is 12.4 Å². The number of ether oxygens (including phenoxy) is 1. The molecule has 1 aliphatic carbocycles. The lowest BCUT2D eigenvalue weighted by molar-refractivity contribution is 0.384. The van der Waals surface area contributed by atoms with E-state index in [-0.39, 0.29) is 24.3 Å². The predicted octanol–water partition coefficient (Wildman–Crippen LogP) is 2.07. The van der Waals surface area contributed by atoms with Gasteiger partial charge in [0.1, 0.15) is 0 Å². The van der Waals surface area contributed by atoms with E-state index >= 15 is 0 Å². The third-order valence-corrected chi connectivity index (χ3v) is 2.74. The van der Waals surface area contributed by atoms with E-state index in [1.165, 1.54) is 12.7 Å². The van der Waals surface area contributed by atoms with Crippen LogP contribution in [0.4, 0.5) is 4.39 Å². The van der Waals surface area contributed by atoms with Crippen molar-refractivity contribution in [2.45, 2.75) is 25.3 Å². The number of rotatable bonds is 1. The molecule has 2 nitrogen and oxygen atoms in total. The van der Waals surface area contributed by atoms with E-state index in [0.29, 0.717) is 5.75 Å². The van der Waals surface area contributed by atoms with Gasteiger partial charge in [0.25, 0.3) is 0 Å². The first-order chi connectivity index (χ1) is 6.70. The summed E-state index contributed by atoms with van der Waals surface area (Å²) in [6.45, 7) is 0. The van der Waals surface area contributed by atoms with Crippen molar-refractivity contribution in [1.82, 2.24) is 0 Å². The zero-order chi connectivity index (χ0) is 10.1. The summed E-state index contributed by atoms with van der Waals surface area (Å²) in [5.41, 5.74) is 8.02. The molecule has 0 amide bonds. The van der Waals surface area contributed by atoms with Gasteiger partial charge in [-0.2, -0.15) is 0 Å². The second-order valence-electron chi connectivity index (χ2n) is 3.76. The van der Waals surface area contributed by atoms with Gasteiger partial charge in [-0.15, -0.1) is 12.4 Å². The summed E-state index contributed by atoms with van der Waals surface area (Å²) in [6.07, 6.45) is 2.67. The monoisotopic (exact) mass is 231 g/mol. The number of nitrogens with two attached hydrogens (primary N) is 1. The second kappa shape index (κ2) is 4.81. The lowest BCUT2D eigenvalue weighted by Crippen LogP contribution is -2.27. The van der Waals surface area contributed by atoms with Crippen LogP contribution in [0.2, 0.25) is 0 Å². The maximum atomic E-state index is 13.3. The Morgan fingerprint density at radius 3 is 2.80 bits per heavy atom. The highest BCUT2D eigenvalue weighted by Gasteiger charge is 2.18. The zero-order valence-electron chi connectivity index (χ0n) is 8.63. The van der Waals surface area contributed by atoms with Gasteiger partial charge in [-0.25, -0.2) is 4.39 Å². The highest BCUT2D eigenvalue weighted by Crippen LogP contribution is 2.27. The van der Waals surface area contributed by atoms with E-state index in [4.69, 9.17) is 10.5 Å². The predicted molar refractivity (Wildman–Crippen MR) is 60.2 cm³/mol.